The summed E-state index contributed by atoms with van der Waals surface area (Å²) in [5, 5.41) is 2.79. The fraction of sp³-hybridized carbons (Fsp3) is 0.400. The summed E-state index contributed by atoms with van der Waals surface area (Å²) in [6, 6.07) is 0.719. The highest BCUT2D eigenvalue weighted by molar-refractivity contribution is 5.33. The summed E-state index contributed by atoms with van der Waals surface area (Å²) in [5.41, 5.74) is -0.860. The van der Waals surface area contributed by atoms with Gasteiger partial charge >= 0.3 is 0 Å². The third-order valence-electron chi connectivity index (χ3n) is 2.85. The van der Waals surface area contributed by atoms with E-state index in [0.717, 1.165) is 6.07 Å². The topological polar surface area (TPSA) is 12.0 Å². The minimum absolute atomic E-state index is 0.138. The SMILES string of the molecule is CNC1(c2cc(F)c(F)c(F)c2F)CC1. The summed E-state index contributed by atoms with van der Waals surface area (Å²) in [6.07, 6.45) is 1.18. The Bertz CT molecular complexity index is 412. The van der Waals surface area contributed by atoms with Crippen molar-refractivity contribution in [3.63, 3.8) is 0 Å². The Morgan fingerprint density at radius 3 is 2.13 bits per heavy atom. The lowest BCUT2D eigenvalue weighted by Crippen LogP contribution is -2.26. The molecule has 0 spiro atoms. The minimum Gasteiger partial charge on any atom is -0.310 e. The molecule has 0 aromatic heterocycles. The van der Waals surface area contributed by atoms with Gasteiger partial charge in [0.25, 0.3) is 0 Å². The Labute approximate surface area is 84.1 Å². The fourth-order valence-electron chi connectivity index (χ4n) is 1.70. The molecular weight excluding hydrogens is 210 g/mol. The highest BCUT2D eigenvalue weighted by Gasteiger charge is 2.46. The molecule has 1 saturated carbocycles. The molecule has 0 radical (unpaired) electrons. The molecule has 0 unspecified atom stereocenters. The van der Waals surface area contributed by atoms with Crippen molar-refractivity contribution in [2.75, 3.05) is 7.05 Å². The summed E-state index contributed by atoms with van der Waals surface area (Å²) in [6.45, 7) is 0. The van der Waals surface area contributed by atoms with E-state index >= 15 is 0 Å². The fourth-order valence-corrected chi connectivity index (χ4v) is 1.70. The van der Waals surface area contributed by atoms with Crippen molar-refractivity contribution >= 4 is 0 Å². The van der Waals surface area contributed by atoms with E-state index in [-0.39, 0.29) is 5.56 Å². The summed E-state index contributed by atoms with van der Waals surface area (Å²) < 4.78 is 51.9. The van der Waals surface area contributed by atoms with Crippen molar-refractivity contribution in [2.45, 2.75) is 18.4 Å². The van der Waals surface area contributed by atoms with E-state index in [2.05, 4.69) is 5.32 Å². The zero-order valence-electron chi connectivity index (χ0n) is 8.00. The lowest BCUT2D eigenvalue weighted by atomic mass is 10.0. The van der Waals surface area contributed by atoms with Gasteiger partial charge in [0.1, 0.15) is 0 Å². The van der Waals surface area contributed by atoms with Crippen LogP contribution in [0.5, 0.6) is 0 Å². The molecule has 1 fully saturated rings. The van der Waals surface area contributed by atoms with Crippen molar-refractivity contribution in [2.24, 2.45) is 0 Å². The second-order valence-corrected chi connectivity index (χ2v) is 3.68. The second-order valence-electron chi connectivity index (χ2n) is 3.68. The number of benzene rings is 1. The molecule has 0 saturated heterocycles. The molecular formula is C10H9F4N. The van der Waals surface area contributed by atoms with E-state index in [1.807, 2.05) is 0 Å². The standard InChI is InChI=1S/C10H9F4N/c1-15-10(2-3-10)5-4-6(11)8(13)9(14)7(5)12/h4,15H,2-3H2,1H3. The van der Waals surface area contributed by atoms with Gasteiger partial charge in [0, 0.05) is 11.1 Å². The molecule has 5 heteroatoms. The average Bonchev–Trinajstić information content (AvgIpc) is 3.01. The number of rotatable bonds is 2. The smallest absolute Gasteiger partial charge is 0.197 e. The van der Waals surface area contributed by atoms with Crippen LogP contribution >= 0.6 is 0 Å². The van der Waals surface area contributed by atoms with Gasteiger partial charge in [0.05, 0.1) is 0 Å². The first-order valence-corrected chi connectivity index (χ1v) is 4.54. The van der Waals surface area contributed by atoms with Crippen LogP contribution in [0.25, 0.3) is 0 Å². The van der Waals surface area contributed by atoms with Crippen LogP contribution < -0.4 is 5.32 Å². The average molecular weight is 219 g/mol. The molecule has 0 amide bonds. The minimum atomic E-state index is -1.76. The second kappa shape index (κ2) is 3.20. The first-order chi connectivity index (χ1) is 7.02. The van der Waals surface area contributed by atoms with Gasteiger partial charge in [-0.3, -0.25) is 0 Å². The molecule has 2 rings (SSSR count). The van der Waals surface area contributed by atoms with Crippen LogP contribution in [0.1, 0.15) is 18.4 Å². The summed E-state index contributed by atoms with van der Waals surface area (Å²) in [7, 11) is 1.58. The lowest BCUT2D eigenvalue weighted by Gasteiger charge is -2.16. The van der Waals surface area contributed by atoms with Crippen LogP contribution in [0.4, 0.5) is 17.6 Å². The number of nitrogens with one attached hydrogen (secondary N) is 1. The molecule has 15 heavy (non-hydrogen) atoms. The Morgan fingerprint density at radius 1 is 1.07 bits per heavy atom. The van der Waals surface area contributed by atoms with Crippen LogP contribution in [0.2, 0.25) is 0 Å². The van der Waals surface area contributed by atoms with E-state index < -0.39 is 28.8 Å². The van der Waals surface area contributed by atoms with Gasteiger partial charge in [0.2, 0.25) is 0 Å². The van der Waals surface area contributed by atoms with Crippen LogP contribution in [0, 0.1) is 23.3 Å². The summed E-state index contributed by atoms with van der Waals surface area (Å²) in [4.78, 5) is 0. The Morgan fingerprint density at radius 2 is 1.67 bits per heavy atom. The monoisotopic (exact) mass is 219 g/mol. The highest BCUT2D eigenvalue weighted by atomic mass is 19.2. The van der Waals surface area contributed by atoms with Crippen molar-refractivity contribution in [3.05, 3.63) is 34.9 Å². The van der Waals surface area contributed by atoms with Gasteiger partial charge in [-0.2, -0.15) is 0 Å². The van der Waals surface area contributed by atoms with Gasteiger partial charge in [-0.15, -0.1) is 0 Å². The zero-order chi connectivity index (χ0) is 11.2. The van der Waals surface area contributed by atoms with Crippen LogP contribution in [0.15, 0.2) is 6.07 Å². The van der Waals surface area contributed by atoms with Gasteiger partial charge < -0.3 is 5.32 Å². The van der Waals surface area contributed by atoms with Crippen LogP contribution in [-0.4, -0.2) is 7.05 Å². The Balaban J connectivity index is 2.58. The summed E-state index contributed by atoms with van der Waals surface area (Å²) in [5.74, 6) is -6.17. The van der Waals surface area contributed by atoms with Gasteiger partial charge in [-0.25, -0.2) is 17.6 Å². The maximum Gasteiger partial charge on any atom is 0.197 e. The van der Waals surface area contributed by atoms with Crippen molar-refractivity contribution < 1.29 is 17.6 Å². The van der Waals surface area contributed by atoms with E-state index in [1.165, 1.54) is 0 Å². The molecule has 1 aliphatic carbocycles. The van der Waals surface area contributed by atoms with Gasteiger partial charge in [0.15, 0.2) is 23.3 Å². The quantitative estimate of drug-likeness (QED) is 0.457. The van der Waals surface area contributed by atoms with Gasteiger partial charge in [-0.1, -0.05) is 0 Å². The predicted molar refractivity (Wildman–Crippen MR) is 46.2 cm³/mol. The summed E-state index contributed by atoms with van der Waals surface area (Å²) >= 11 is 0. The van der Waals surface area contributed by atoms with Crippen LogP contribution in [-0.2, 0) is 5.54 Å². The van der Waals surface area contributed by atoms with Crippen LogP contribution in [0.3, 0.4) is 0 Å². The third-order valence-corrected chi connectivity index (χ3v) is 2.85. The third kappa shape index (κ3) is 1.42. The molecule has 0 atom stereocenters. The van der Waals surface area contributed by atoms with Crippen molar-refractivity contribution in [3.8, 4) is 0 Å². The molecule has 0 bridgehead atoms. The normalized spacial score (nSPS) is 17.9. The van der Waals surface area contributed by atoms with E-state index in [4.69, 9.17) is 0 Å². The van der Waals surface area contributed by atoms with Crippen molar-refractivity contribution in [1.29, 1.82) is 0 Å². The molecule has 82 valence electrons. The molecule has 1 nitrogen and oxygen atoms in total. The first-order valence-electron chi connectivity index (χ1n) is 4.54. The largest absolute Gasteiger partial charge is 0.310 e. The van der Waals surface area contributed by atoms with E-state index in [1.54, 1.807) is 7.05 Å². The molecule has 1 aromatic carbocycles. The van der Waals surface area contributed by atoms with Gasteiger partial charge in [-0.05, 0) is 26.0 Å². The number of hydrogen-bond acceptors (Lipinski definition) is 1. The maximum atomic E-state index is 13.3. The first kappa shape index (κ1) is 10.4. The number of halogens is 4. The lowest BCUT2D eigenvalue weighted by molar-refractivity contribution is 0.392. The zero-order valence-corrected chi connectivity index (χ0v) is 8.00. The molecule has 0 heterocycles. The predicted octanol–water partition coefficient (Wildman–Crippen LogP) is 2.45. The van der Waals surface area contributed by atoms with Crippen molar-refractivity contribution in [1.82, 2.24) is 5.32 Å². The van der Waals surface area contributed by atoms with E-state index in [9.17, 15) is 17.6 Å². The Kier molecular flexibility index (Phi) is 2.22. The molecule has 1 aromatic rings. The van der Waals surface area contributed by atoms with E-state index in [0.29, 0.717) is 12.8 Å². The molecule has 1 aliphatic rings. The Hall–Kier alpha value is -1.10. The highest BCUT2D eigenvalue weighted by Crippen LogP contribution is 2.46. The number of hydrogen-bond donors (Lipinski definition) is 1. The molecule has 0 aliphatic heterocycles. The molecule has 1 N–H and O–H groups in total. The maximum absolute atomic E-state index is 13.3.